The molecule has 1 aromatic heterocycles. The number of methoxy groups -OCH3 is 1. The van der Waals surface area contributed by atoms with Crippen LogP contribution in [0.15, 0.2) is 12.1 Å². The average Bonchev–Trinajstić information content (AvgIpc) is 2.40. The van der Waals surface area contributed by atoms with Crippen molar-refractivity contribution in [3.63, 3.8) is 0 Å². The van der Waals surface area contributed by atoms with Crippen molar-refractivity contribution >= 4 is 16.7 Å². The predicted octanol–water partition coefficient (Wildman–Crippen LogP) is 2.24. The van der Waals surface area contributed by atoms with Crippen molar-refractivity contribution in [2.45, 2.75) is 0 Å². The van der Waals surface area contributed by atoms with Gasteiger partial charge in [-0.05, 0) is 17.5 Å². The Kier molecular flexibility index (Phi) is 2.58. The van der Waals surface area contributed by atoms with Gasteiger partial charge in [-0.2, -0.15) is 0 Å². The van der Waals surface area contributed by atoms with Crippen LogP contribution in [0.4, 0.5) is 8.78 Å². The number of halogens is 2. The molecule has 2 heterocycles. The van der Waals surface area contributed by atoms with E-state index < -0.39 is 17.6 Å². The second-order valence-corrected chi connectivity index (χ2v) is 4.00. The van der Waals surface area contributed by atoms with Gasteiger partial charge >= 0.3 is 5.97 Å². The molecule has 4 nitrogen and oxygen atoms in total. The van der Waals surface area contributed by atoms with Crippen molar-refractivity contribution in [2.75, 3.05) is 13.7 Å². The number of carbonyl (C=O) groups is 1. The van der Waals surface area contributed by atoms with Crippen LogP contribution in [0.5, 0.6) is 5.88 Å². The molecule has 19 heavy (non-hydrogen) atoms. The van der Waals surface area contributed by atoms with E-state index in [9.17, 15) is 13.6 Å². The summed E-state index contributed by atoms with van der Waals surface area (Å²) in [5.41, 5.74) is 0.479. The van der Waals surface area contributed by atoms with Crippen molar-refractivity contribution < 1.29 is 23.0 Å². The standard InChI is InChI=1S/C13H8F2NO3/c1-18-12-8-5-10(15)9(14)4-7(8)6-2-3-19-13(17)11(6)16-12/h2,4-5H,3H2,1H3. The van der Waals surface area contributed by atoms with Gasteiger partial charge in [0.05, 0.1) is 13.7 Å². The second kappa shape index (κ2) is 4.15. The van der Waals surface area contributed by atoms with Crippen LogP contribution in [-0.4, -0.2) is 24.7 Å². The van der Waals surface area contributed by atoms with Crippen molar-refractivity contribution in [1.82, 2.24) is 4.98 Å². The Labute approximate surface area is 107 Å². The highest BCUT2D eigenvalue weighted by Crippen LogP contribution is 2.33. The summed E-state index contributed by atoms with van der Waals surface area (Å²) in [5.74, 6) is -2.54. The number of aromatic nitrogens is 1. The van der Waals surface area contributed by atoms with Gasteiger partial charge in [-0.15, -0.1) is 0 Å². The Morgan fingerprint density at radius 2 is 1.95 bits per heavy atom. The molecule has 0 spiro atoms. The molecule has 1 aliphatic heterocycles. The Bertz CT molecular complexity index is 700. The highest BCUT2D eigenvalue weighted by molar-refractivity contribution is 6.00. The van der Waals surface area contributed by atoms with Gasteiger partial charge in [-0.25, -0.2) is 18.6 Å². The maximum absolute atomic E-state index is 13.4. The van der Waals surface area contributed by atoms with Gasteiger partial charge in [0, 0.05) is 17.4 Å². The summed E-state index contributed by atoms with van der Waals surface area (Å²) in [6.07, 6.45) is 1.60. The zero-order valence-corrected chi connectivity index (χ0v) is 9.87. The molecule has 1 radical (unpaired) electrons. The van der Waals surface area contributed by atoms with Gasteiger partial charge < -0.3 is 9.47 Å². The van der Waals surface area contributed by atoms with E-state index in [0.29, 0.717) is 16.3 Å². The SMILES string of the molecule is COc1nc2c(c3cc(F)c(F)cc13)[CH]COC2=O. The first-order valence-electron chi connectivity index (χ1n) is 5.49. The first kappa shape index (κ1) is 11.8. The lowest BCUT2D eigenvalue weighted by Crippen LogP contribution is -2.19. The molecule has 0 N–H and O–H groups in total. The van der Waals surface area contributed by atoms with Gasteiger partial charge in [0.25, 0.3) is 0 Å². The van der Waals surface area contributed by atoms with Crippen molar-refractivity contribution in [1.29, 1.82) is 0 Å². The minimum atomic E-state index is -0.995. The Balaban J connectivity index is 2.43. The summed E-state index contributed by atoms with van der Waals surface area (Å²) >= 11 is 0. The van der Waals surface area contributed by atoms with Gasteiger partial charge in [-0.1, -0.05) is 0 Å². The molecule has 0 aliphatic carbocycles. The van der Waals surface area contributed by atoms with Gasteiger partial charge in [0.1, 0.15) is 0 Å². The number of carbonyl (C=O) groups excluding carboxylic acids is 1. The van der Waals surface area contributed by atoms with Crippen LogP contribution in [0.3, 0.4) is 0 Å². The summed E-state index contributed by atoms with van der Waals surface area (Å²) in [6, 6.07) is 2.04. The molecule has 3 rings (SSSR count). The van der Waals surface area contributed by atoms with Crippen LogP contribution >= 0.6 is 0 Å². The lowest BCUT2D eigenvalue weighted by molar-refractivity contribution is 0.0512. The highest BCUT2D eigenvalue weighted by Gasteiger charge is 2.26. The average molecular weight is 264 g/mol. The van der Waals surface area contributed by atoms with Gasteiger partial charge in [0.2, 0.25) is 5.88 Å². The lowest BCUT2D eigenvalue weighted by Gasteiger charge is -2.18. The predicted molar refractivity (Wildman–Crippen MR) is 61.9 cm³/mol. The van der Waals surface area contributed by atoms with E-state index in [4.69, 9.17) is 9.47 Å². The second-order valence-electron chi connectivity index (χ2n) is 4.00. The summed E-state index contributed by atoms with van der Waals surface area (Å²) in [5, 5.41) is 0.684. The number of hydrogen-bond donors (Lipinski definition) is 0. The summed E-state index contributed by atoms with van der Waals surface area (Å²) in [6.45, 7) is 0.0773. The molecule has 0 fully saturated rings. The number of benzene rings is 1. The highest BCUT2D eigenvalue weighted by atomic mass is 19.2. The van der Waals surface area contributed by atoms with E-state index in [2.05, 4.69) is 4.98 Å². The molecule has 0 saturated carbocycles. The molecule has 1 aliphatic rings. The van der Waals surface area contributed by atoms with Crippen molar-refractivity contribution in [3.8, 4) is 5.88 Å². The maximum atomic E-state index is 13.4. The first-order chi connectivity index (χ1) is 9.11. The van der Waals surface area contributed by atoms with Crippen LogP contribution in [-0.2, 0) is 4.74 Å². The number of cyclic esters (lactones) is 1. The normalized spacial score (nSPS) is 14.2. The molecule has 0 atom stereocenters. The van der Waals surface area contributed by atoms with E-state index in [-0.39, 0.29) is 18.2 Å². The number of fused-ring (bicyclic) bond motifs is 3. The molecular formula is C13H8F2NO3. The largest absolute Gasteiger partial charge is 0.481 e. The molecule has 0 unspecified atom stereocenters. The van der Waals surface area contributed by atoms with Crippen LogP contribution in [0.2, 0.25) is 0 Å². The lowest BCUT2D eigenvalue weighted by atomic mass is 9.99. The molecule has 1 aromatic carbocycles. The van der Waals surface area contributed by atoms with Crippen LogP contribution in [0.25, 0.3) is 10.8 Å². The third-order valence-electron chi connectivity index (χ3n) is 2.94. The Morgan fingerprint density at radius 3 is 2.63 bits per heavy atom. The van der Waals surface area contributed by atoms with E-state index in [1.165, 1.54) is 7.11 Å². The third-order valence-corrected chi connectivity index (χ3v) is 2.94. The zero-order chi connectivity index (χ0) is 13.6. The monoisotopic (exact) mass is 264 g/mol. The van der Waals surface area contributed by atoms with Crippen LogP contribution in [0.1, 0.15) is 16.1 Å². The van der Waals surface area contributed by atoms with Crippen LogP contribution in [0, 0.1) is 18.1 Å². The van der Waals surface area contributed by atoms with Crippen molar-refractivity contribution in [3.05, 3.63) is 41.4 Å². The molecule has 97 valence electrons. The van der Waals surface area contributed by atoms with Gasteiger partial charge in [0.15, 0.2) is 17.3 Å². The minimum Gasteiger partial charge on any atom is -0.481 e. The molecule has 2 aromatic rings. The van der Waals surface area contributed by atoms with Crippen molar-refractivity contribution in [2.24, 2.45) is 0 Å². The fraction of sp³-hybridized carbons (Fsp3) is 0.154. The number of rotatable bonds is 1. The number of pyridine rings is 1. The molecule has 6 heteroatoms. The molecule has 0 bridgehead atoms. The smallest absolute Gasteiger partial charge is 0.357 e. The summed E-state index contributed by atoms with van der Waals surface area (Å²) in [7, 11) is 1.34. The Morgan fingerprint density at radius 1 is 1.26 bits per heavy atom. The van der Waals surface area contributed by atoms with E-state index in [1.54, 1.807) is 6.42 Å². The topological polar surface area (TPSA) is 48.4 Å². The zero-order valence-electron chi connectivity index (χ0n) is 9.87. The van der Waals surface area contributed by atoms with Gasteiger partial charge in [-0.3, -0.25) is 0 Å². The number of nitrogens with zero attached hydrogens (tertiary/aromatic N) is 1. The quantitative estimate of drug-likeness (QED) is 0.741. The van der Waals surface area contributed by atoms with E-state index in [0.717, 1.165) is 12.1 Å². The Hall–Kier alpha value is -2.24. The minimum absolute atomic E-state index is 0.0432. The fourth-order valence-electron chi connectivity index (χ4n) is 2.08. The third kappa shape index (κ3) is 1.71. The number of hydrogen-bond acceptors (Lipinski definition) is 4. The number of esters is 1. The van der Waals surface area contributed by atoms with E-state index >= 15 is 0 Å². The molecular weight excluding hydrogens is 256 g/mol. The molecule has 0 saturated heterocycles. The molecule has 0 amide bonds. The summed E-state index contributed by atoms with van der Waals surface area (Å²) < 4.78 is 36.5. The first-order valence-corrected chi connectivity index (χ1v) is 5.49. The number of ether oxygens (including phenoxy) is 2. The summed E-state index contributed by atoms with van der Waals surface area (Å²) in [4.78, 5) is 15.6. The fourth-order valence-corrected chi connectivity index (χ4v) is 2.08. The maximum Gasteiger partial charge on any atom is 0.357 e. The van der Waals surface area contributed by atoms with Crippen LogP contribution < -0.4 is 4.74 Å². The van der Waals surface area contributed by atoms with E-state index in [1.807, 2.05) is 0 Å².